The number of hydrogen-bond acceptors (Lipinski definition) is 2. The molecule has 0 saturated carbocycles. The summed E-state index contributed by atoms with van der Waals surface area (Å²) in [5.74, 6) is 0. The highest BCUT2D eigenvalue weighted by molar-refractivity contribution is 6.12. The maximum absolute atomic E-state index is 2.54. The van der Waals surface area contributed by atoms with Crippen molar-refractivity contribution in [1.29, 1.82) is 0 Å². The van der Waals surface area contributed by atoms with Gasteiger partial charge in [-0.15, -0.1) is 0 Å². The number of anilines is 6. The average molecular weight is 801 g/mol. The zero-order chi connectivity index (χ0) is 41.5. The van der Waals surface area contributed by atoms with Gasteiger partial charge in [0.1, 0.15) is 0 Å². The smallest absolute Gasteiger partial charge is 0.0746 e. The van der Waals surface area contributed by atoms with Crippen LogP contribution in [-0.4, -0.2) is 0 Å². The number of benzene rings is 11. The van der Waals surface area contributed by atoms with Gasteiger partial charge in [0.2, 0.25) is 0 Å². The van der Waals surface area contributed by atoms with Crippen LogP contribution in [0.4, 0.5) is 34.1 Å². The summed E-state index contributed by atoms with van der Waals surface area (Å²) in [6, 6.07) is 89.7. The van der Waals surface area contributed by atoms with Crippen molar-refractivity contribution in [2.24, 2.45) is 0 Å². The number of nitrogens with zero attached hydrogens (tertiary/aromatic N) is 2. The van der Waals surface area contributed by atoms with Gasteiger partial charge in [0.05, 0.1) is 22.5 Å². The molecule has 13 rings (SSSR count). The third-order valence-electron chi connectivity index (χ3n) is 13.6. The van der Waals surface area contributed by atoms with Crippen molar-refractivity contribution in [3.05, 3.63) is 265 Å². The summed E-state index contributed by atoms with van der Waals surface area (Å²) in [5.41, 5.74) is 16.5. The molecule has 0 heterocycles. The minimum absolute atomic E-state index is 0.621. The summed E-state index contributed by atoms with van der Waals surface area (Å²) in [4.78, 5) is 4.97. The standard InChI is InChI=1S/C61H40N2/c1-3-24-44(25-4-1)62(56-35-17-22-41-19-7-10-28-47(41)56)46-37-38-55-52(40-46)50-31-13-15-33-53(50)61(55)54-34-16-14-32-51(54)59-49-30-12-9-21-43(49)39-58(60(59)61)63(45-26-5-2-6-27-45)57-36-18-23-42-20-8-11-29-48(42)57/h1-40H. The molecule has 2 nitrogen and oxygen atoms in total. The summed E-state index contributed by atoms with van der Waals surface area (Å²) in [6.07, 6.45) is 0. The first kappa shape index (κ1) is 35.5. The Bertz CT molecular complexity index is 3580. The van der Waals surface area contributed by atoms with Crippen LogP contribution >= 0.6 is 0 Å². The summed E-state index contributed by atoms with van der Waals surface area (Å²) in [6.45, 7) is 0. The fourth-order valence-electron chi connectivity index (χ4n) is 11.1. The molecule has 1 unspecified atom stereocenters. The molecule has 0 fully saturated rings. The fraction of sp³-hybridized carbons (Fsp3) is 0.0164. The van der Waals surface area contributed by atoms with E-state index in [4.69, 9.17) is 0 Å². The van der Waals surface area contributed by atoms with Crippen molar-refractivity contribution >= 4 is 66.4 Å². The molecule has 0 aromatic heterocycles. The third kappa shape index (κ3) is 5.13. The van der Waals surface area contributed by atoms with Gasteiger partial charge in [0.15, 0.2) is 0 Å². The molecule has 11 aromatic carbocycles. The minimum Gasteiger partial charge on any atom is -0.310 e. The van der Waals surface area contributed by atoms with Crippen LogP contribution in [0.1, 0.15) is 22.3 Å². The molecule has 2 heteroatoms. The minimum atomic E-state index is -0.621. The monoisotopic (exact) mass is 800 g/mol. The lowest BCUT2D eigenvalue weighted by Crippen LogP contribution is -2.28. The number of rotatable bonds is 6. The third-order valence-corrected chi connectivity index (χ3v) is 13.6. The lowest BCUT2D eigenvalue weighted by Gasteiger charge is -2.36. The summed E-state index contributed by atoms with van der Waals surface area (Å²) >= 11 is 0. The Balaban J connectivity index is 1.15. The molecule has 0 amide bonds. The second-order valence-electron chi connectivity index (χ2n) is 16.8. The second-order valence-corrected chi connectivity index (χ2v) is 16.8. The van der Waals surface area contributed by atoms with Gasteiger partial charge in [-0.25, -0.2) is 0 Å². The molecule has 1 spiro atoms. The van der Waals surface area contributed by atoms with Crippen LogP contribution in [0.5, 0.6) is 0 Å². The summed E-state index contributed by atoms with van der Waals surface area (Å²) in [5, 5.41) is 7.33. The molecule has 1 atom stereocenters. The quantitative estimate of drug-likeness (QED) is 0.165. The lowest BCUT2D eigenvalue weighted by molar-refractivity contribution is 0.793. The Labute approximate surface area is 367 Å². The van der Waals surface area contributed by atoms with Crippen molar-refractivity contribution < 1.29 is 0 Å². The SMILES string of the molecule is c1ccc(N(c2ccc3c(c2)-c2ccccc2C32c3ccccc3-c3c2c(N(c2ccccc2)c2cccc4ccccc24)cc2ccccc32)c2cccc3ccccc23)cc1. The molecule has 0 saturated heterocycles. The van der Waals surface area contributed by atoms with Crippen molar-refractivity contribution in [1.82, 2.24) is 0 Å². The molecule has 0 aliphatic heterocycles. The maximum Gasteiger partial charge on any atom is 0.0746 e. The molecule has 0 radical (unpaired) electrons. The van der Waals surface area contributed by atoms with Crippen LogP contribution in [0, 0.1) is 0 Å². The maximum atomic E-state index is 2.54. The first-order valence-electron chi connectivity index (χ1n) is 21.9. The lowest BCUT2D eigenvalue weighted by atomic mass is 9.69. The van der Waals surface area contributed by atoms with E-state index in [1.807, 2.05) is 0 Å². The molecule has 0 bridgehead atoms. The fourth-order valence-corrected chi connectivity index (χ4v) is 11.1. The van der Waals surface area contributed by atoms with Crippen LogP contribution in [0.15, 0.2) is 243 Å². The Morgan fingerprint density at radius 2 is 0.746 bits per heavy atom. The van der Waals surface area contributed by atoms with Crippen LogP contribution in [0.3, 0.4) is 0 Å². The molecule has 0 N–H and O–H groups in total. The van der Waals surface area contributed by atoms with Gasteiger partial charge in [0.25, 0.3) is 0 Å². The normalized spacial score (nSPS) is 14.4. The molecule has 294 valence electrons. The second kappa shape index (κ2) is 13.9. The molecule has 63 heavy (non-hydrogen) atoms. The first-order valence-corrected chi connectivity index (χ1v) is 21.9. The van der Waals surface area contributed by atoms with Gasteiger partial charge in [-0.05, 0) is 115 Å². The Hall–Kier alpha value is -8.20. The summed E-state index contributed by atoms with van der Waals surface area (Å²) in [7, 11) is 0. The van der Waals surface area contributed by atoms with Gasteiger partial charge in [0, 0.05) is 33.4 Å². The number of para-hydroxylation sites is 2. The zero-order valence-electron chi connectivity index (χ0n) is 34.5. The predicted octanol–water partition coefficient (Wildman–Crippen LogP) is 16.4. The van der Waals surface area contributed by atoms with Crippen LogP contribution in [-0.2, 0) is 5.41 Å². The molecular weight excluding hydrogens is 761 g/mol. The summed E-state index contributed by atoms with van der Waals surface area (Å²) < 4.78 is 0. The van der Waals surface area contributed by atoms with Crippen molar-refractivity contribution in [2.75, 3.05) is 9.80 Å². The highest BCUT2D eigenvalue weighted by Crippen LogP contribution is 2.67. The van der Waals surface area contributed by atoms with Gasteiger partial charge in [-0.3, -0.25) is 0 Å². The number of fused-ring (bicyclic) bond motifs is 14. The Morgan fingerprint density at radius 3 is 1.41 bits per heavy atom. The first-order chi connectivity index (χ1) is 31.3. The van der Waals surface area contributed by atoms with E-state index in [1.165, 1.54) is 82.5 Å². The van der Waals surface area contributed by atoms with Gasteiger partial charge < -0.3 is 9.80 Å². The highest BCUT2D eigenvalue weighted by Gasteiger charge is 2.54. The van der Waals surface area contributed by atoms with E-state index >= 15 is 0 Å². The number of hydrogen-bond donors (Lipinski definition) is 0. The van der Waals surface area contributed by atoms with E-state index in [1.54, 1.807) is 0 Å². The van der Waals surface area contributed by atoms with Crippen molar-refractivity contribution in [3.8, 4) is 22.3 Å². The Morgan fingerprint density at radius 1 is 0.270 bits per heavy atom. The van der Waals surface area contributed by atoms with Gasteiger partial charge in [-0.2, -0.15) is 0 Å². The molecule has 2 aliphatic rings. The predicted molar refractivity (Wildman–Crippen MR) is 265 cm³/mol. The van der Waals surface area contributed by atoms with E-state index in [0.717, 1.165) is 28.4 Å². The largest absolute Gasteiger partial charge is 0.310 e. The van der Waals surface area contributed by atoms with Gasteiger partial charge >= 0.3 is 0 Å². The van der Waals surface area contributed by atoms with Crippen LogP contribution < -0.4 is 9.80 Å². The van der Waals surface area contributed by atoms with Crippen molar-refractivity contribution in [3.63, 3.8) is 0 Å². The van der Waals surface area contributed by atoms with E-state index in [-0.39, 0.29) is 0 Å². The van der Waals surface area contributed by atoms with Crippen LogP contribution in [0.25, 0.3) is 54.6 Å². The van der Waals surface area contributed by atoms with Crippen molar-refractivity contribution in [2.45, 2.75) is 5.41 Å². The Kier molecular flexibility index (Phi) is 7.85. The molecule has 11 aromatic rings. The molecule has 2 aliphatic carbocycles. The highest BCUT2D eigenvalue weighted by atomic mass is 15.2. The molecular formula is C61H40N2. The van der Waals surface area contributed by atoms with E-state index in [0.29, 0.717) is 0 Å². The zero-order valence-corrected chi connectivity index (χ0v) is 34.5. The van der Waals surface area contributed by atoms with E-state index < -0.39 is 5.41 Å². The topological polar surface area (TPSA) is 6.48 Å². The van der Waals surface area contributed by atoms with Gasteiger partial charge in [-0.1, -0.05) is 188 Å². The van der Waals surface area contributed by atoms with E-state index in [2.05, 4.69) is 252 Å². The average Bonchev–Trinajstić information content (AvgIpc) is 3.83. The van der Waals surface area contributed by atoms with Crippen LogP contribution in [0.2, 0.25) is 0 Å². The van der Waals surface area contributed by atoms with E-state index in [9.17, 15) is 0 Å².